The standard InChI is InChI=1S/C12H15N3O2/c1-9-4-3-5-15(8-9)11-7-13-10(6-14-11)12(16)17-2/h4,6-7H,3,5,8H2,1-2H3. The lowest BCUT2D eigenvalue weighted by Gasteiger charge is -2.26. The van der Waals surface area contributed by atoms with Gasteiger partial charge in [-0.25, -0.2) is 14.8 Å². The zero-order chi connectivity index (χ0) is 12.3. The van der Waals surface area contributed by atoms with Crippen LogP contribution in [-0.2, 0) is 4.74 Å². The molecule has 90 valence electrons. The molecule has 0 atom stereocenters. The van der Waals surface area contributed by atoms with Crippen LogP contribution < -0.4 is 4.90 Å². The Morgan fingerprint density at radius 3 is 2.82 bits per heavy atom. The van der Waals surface area contributed by atoms with Crippen molar-refractivity contribution in [3.05, 3.63) is 29.7 Å². The molecule has 2 rings (SSSR count). The molecule has 17 heavy (non-hydrogen) atoms. The van der Waals surface area contributed by atoms with Crippen molar-refractivity contribution in [3.63, 3.8) is 0 Å². The number of esters is 1. The van der Waals surface area contributed by atoms with Gasteiger partial charge in [-0.2, -0.15) is 0 Å². The molecule has 0 N–H and O–H groups in total. The van der Waals surface area contributed by atoms with Crippen molar-refractivity contribution in [1.82, 2.24) is 9.97 Å². The molecule has 5 heteroatoms. The number of aromatic nitrogens is 2. The van der Waals surface area contributed by atoms with Gasteiger partial charge in [0.2, 0.25) is 0 Å². The van der Waals surface area contributed by atoms with Gasteiger partial charge in [-0.3, -0.25) is 0 Å². The summed E-state index contributed by atoms with van der Waals surface area (Å²) in [6, 6.07) is 0. The SMILES string of the molecule is COC(=O)c1cnc(N2CCC=C(C)C2)cn1. The highest BCUT2D eigenvalue weighted by molar-refractivity contribution is 5.86. The minimum atomic E-state index is -0.459. The topological polar surface area (TPSA) is 55.3 Å². The van der Waals surface area contributed by atoms with E-state index in [1.165, 1.54) is 18.9 Å². The van der Waals surface area contributed by atoms with Crippen LogP contribution in [0.1, 0.15) is 23.8 Å². The fraction of sp³-hybridized carbons (Fsp3) is 0.417. The van der Waals surface area contributed by atoms with Crippen molar-refractivity contribution in [2.75, 3.05) is 25.1 Å². The monoisotopic (exact) mass is 233 g/mol. The summed E-state index contributed by atoms with van der Waals surface area (Å²) in [4.78, 5) is 21.6. The highest BCUT2D eigenvalue weighted by Gasteiger charge is 2.13. The first-order valence-electron chi connectivity index (χ1n) is 5.51. The molecule has 0 aromatic carbocycles. The summed E-state index contributed by atoms with van der Waals surface area (Å²) in [6.07, 6.45) is 6.32. The van der Waals surface area contributed by atoms with Crippen molar-refractivity contribution >= 4 is 11.8 Å². The van der Waals surface area contributed by atoms with Crippen molar-refractivity contribution in [2.24, 2.45) is 0 Å². The van der Waals surface area contributed by atoms with E-state index in [1.54, 1.807) is 6.20 Å². The van der Waals surface area contributed by atoms with E-state index < -0.39 is 5.97 Å². The van der Waals surface area contributed by atoms with E-state index in [0.29, 0.717) is 0 Å². The number of anilines is 1. The van der Waals surface area contributed by atoms with Gasteiger partial charge in [0.25, 0.3) is 0 Å². The first kappa shape index (κ1) is 11.6. The lowest BCUT2D eigenvalue weighted by molar-refractivity contribution is 0.0593. The first-order valence-corrected chi connectivity index (χ1v) is 5.51. The summed E-state index contributed by atoms with van der Waals surface area (Å²) < 4.78 is 4.57. The van der Waals surface area contributed by atoms with Crippen LogP contribution in [0.25, 0.3) is 0 Å². The molecule has 0 amide bonds. The highest BCUT2D eigenvalue weighted by atomic mass is 16.5. The molecule has 1 aromatic heterocycles. The molecule has 1 aliphatic rings. The Hall–Kier alpha value is -1.91. The second-order valence-electron chi connectivity index (χ2n) is 4.01. The fourth-order valence-corrected chi connectivity index (χ4v) is 1.80. The first-order chi connectivity index (χ1) is 8.20. The van der Waals surface area contributed by atoms with Gasteiger partial charge in [0.15, 0.2) is 5.69 Å². The van der Waals surface area contributed by atoms with Gasteiger partial charge in [-0.05, 0) is 13.3 Å². The van der Waals surface area contributed by atoms with Crippen molar-refractivity contribution in [1.29, 1.82) is 0 Å². The molecule has 0 bridgehead atoms. The average Bonchev–Trinajstić information content (AvgIpc) is 2.38. The molecule has 0 aliphatic carbocycles. The van der Waals surface area contributed by atoms with Crippen LogP contribution in [0.3, 0.4) is 0 Å². The summed E-state index contributed by atoms with van der Waals surface area (Å²) in [6.45, 7) is 3.90. The lowest BCUT2D eigenvalue weighted by atomic mass is 10.1. The van der Waals surface area contributed by atoms with E-state index in [-0.39, 0.29) is 5.69 Å². The predicted molar refractivity (Wildman–Crippen MR) is 64.0 cm³/mol. The van der Waals surface area contributed by atoms with Crippen molar-refractivity contribution in [2.45, 2.75) is 13.3 Å². The number of hydrogen-bond donors (Lipinski definition) is 0. The Labute approximate surface area is 100 Å². The van der Waals surface area contributed by atoms with E-state index >= 15 is 0 Å². The summed E-state index contributed by atoms with van der Waals surface area (Å²) in [5.74, 6) is 0.337. The minimum absolute atomic E-state index is 0.237. The number of nitrogens with zero attached hydrogens (tertiary/aromatic N) is 3. The number of rotatable bonds is 2. The van der Waals surface area contributed by atoms with Crippen LogP contribution in [0.15, 0.2) is 24.0 Å². The molecule has 0 spiro atoms. The van der Waals surface area contributed by atoms with Crippen molar-refractivity contribution in [3.8, 4) is 0 Å². The Bertz CT molecular complexity index is 440. The van der Waals surface area contributed by atoms with Gasteiger partial charge < -0.3 is 9.64 Å². The minimum Gasteiger partial charge on any atom is -0.464 e. The van der Waals surface area contributed by atoms with Gasteiger partial charge in [0.1, 0.15) is 5.82 Å². The Kier molecular flexibility index (Phi) is 3.37. The second-order valence-corrected chi connectivity index (χ2v) is 4.01. The number of carbonyl (C=O) groups excluding carboxylic acids is 1. The van der Waals surface area contributed by atoms with E-state index in [1.807, 2.05) is 0 Å². The molecule has 2 heterocycles. The summed E-state index contributed by atoms with van der Waals surface area (Å²) in [5, 5.41) is 0. The molecule has 0 unspecified atom stereocenters. The predicted octanol–water partition coefficient (Wildman–Crippen LogP) is 1.42. The number of methoxy groups -OCH3 is 1. The molecular formula is C12H15N3O2. The third kappa shape index (κ3) is 2.61. The molecule has 0 saturated heterocycles. The van der Waals surface area contributed by atoms with Gasteiger partial charge in [-0.15, -0.1) is 0 Å². The lowest BCUT2D eigenvalue weighted by Crippen LogP contribution is -2.30. The number of carbonyl (C=O) groups is 1. The van der Waals surface area contributed by atoms with E-state index in [9.17, 15) is 4.79 Å². The van der Waals surface area contributed by atoms with Gasteiger partial charge in [0.05, 0.1) is 19.5 Å². The van der Waals surface area contributed by atoms with Crippen molar-refractivity contribution < 1.29 is 9.53 Å². The van der Waals surface area contributed by atoms with Gasteiger partial charge in [-0.1, -0.05) is 11.6 Å². The van der Waals surface area contributed by atoms with Crippen LogP contribution in [-0.4, -0.2) is 36.1 Å². The molecule has 0 saturated carbocycles. The normalized spacial score (nSPS) is 15.4. The van der Waals surface area contributed by atoms with E-state index in [0.717, 1.165) is 25.3 Å². The molecule has 1 aromatic rings. The average molecular weight is 233 g/mol. The maximum absolute atomic E-state index is 11.2. The molecule has 0 radical (unpaired) electrons. The van der Waals surface area contributed by atoms with Crippen LogP contribution in [0.4, 0.5) is 5.82 Å². The van der Waals surface area contributed by atoms with Crippen LogP contribution in [0, 0.1) is 0 Å². The van der Waals surface area contributed by atoms with Crippen LogP contribution in [0.5, 0.6) is 0 Å². The second kappa shape index (κ2) is 4.95. The third-order valence-corrected chi connectivity index (χ3v) is 2.69. The maximum atomic E-state index is 11.2. The smallest absolute Gasteiger partial charge is 0.358 e. The zero-order valence-corrected chi connectivity index (χ0v) is 10.0. The summed E-state index contributed by atoms with van der Waals surface area (Å²) in [5.41, 5.74) is 1.57. The zero-order valence-electron chi connectivity index (χ0n) is 10.0. The highest BCUT2D eigenvalue weighted by Crippen LogP contribution is 2.16. The summed E-state index contributed by atoms with van der Waals surface area (Å²) >= 11 is 0. The van der Waals surface area contributed by atoms with Gasteiger partial charge in [0, 0.05) is 13.1 Å². The summed E-state index contributed by atoms with van der Waals surface area (Å²) in [7, 11) is 1.33. The van der Waals surface area contributed by atoms with Crippen LogP contribution in [0.2, 0.25) is 0 Å². The fourth-order valence-electron chi connectivity index (χ4n) is 1.80. The molecule has 0 fully saturated rings. The Balaban J connectivity index is 2.13. The number of ether oxygens (including phenoxy) is 1. The Morgan fingerprint density at radius 2 is 2.24 bits per heavy atom. The number of hydrogen-bond acceptors (Lipinski definition) is 5. The molecule has 1 aliphatic heterocycles. The maximum Gasteiger partial charge on any atom is 0.358 e. The van der Waals surface area contributed by atoms with Gasteiger partial charge >= 0.3 is 5.97 Å². The van der Waals surface area contributed by atoms with E-state index in [4.69, 9.17) is 0 Å². The van der Waals surface area contributed by atoms with E-state index in [2.05, 4.69) is 32.6 Å². The molecule has 5 nitrogen and oxygen atoms in total. The Morgan fingerprint density at radius 1 is 1.41 bits per heavy atom. The third-order valence-electron chi connectivity index (χ3n) is 2.69. The largest absolute Gasteiger partial charge is 0.464 e. The molecular weight excluding hydrogens is 218 g/mol. The van der Waals surface area contributed by atoms with Crippen LogP contribution >= 0.6 is 0 Å². The quantitative estimate of drug-likeness (QED) is 0.571.